The Balaban J connectivity index is 1.71. The molecule has 7 heteroatoms. The predicted molar refractivity (Wildman–Crippen MR) is 100 cm³/mol. The summed E-state index contributed by atoms with van der Waals surface area (Å²) < 4.78 is 30.1. The summed E-state index contributed by atoms with van der Waals surface area (Å²) in [6, 6.07) is 13.5. The van der Waals surface area contributed by atoms with Crippen LogP contribution in [-0.2, 0) is 14.6 Å². The molecule has 2 aromatic rings. The Hall–Kier alpha value is -2.38. The van der Waals surface area contributed by atoms with Crippen LogP contribution in [0, 0.1) is 5.92 Å². The van der Waals surface area contributed by atoms with Gasteiger partial charge in [-0.05, 0) is 49.4 Å². The molecule has 1 unspecified atom stereocenters. The van der Waals surface area contributed by atoms with Crippen LogP contribution in [-0.4, -0.2) is 33.2 Å². The number of amides is 1. The first-order valence-electron chi connectivity index (χ1n) is 8.61. The van der Waals surface area contributed by atoms with Crippen LogP contribution in [0.25, 0.3) is 0 Å². The van der Waals surface area contributed by atoms with Gasteiger partial charge in [0.25, 0.3) is 0 Å². The van der Waals surface area contributed by atoms with E-state index < -0.39 is 9.84 Å². The number of benzene rings is 2. The van der Waals surface area contributed by atoms with Crippen molar-refractivity contribution in [1.82, 2.24) is 5.32 Å². The third-order valence-corrected chi connectivity index (χ3v) is 6.11. The van der Waals surface area contributed by atoms with Gasteiger partial charge >= 0.3 is 0 Å². The molecule has 1 saturated heterocycles. The molecule has 0 radical (unpaired) electrons. The highest BCUT2D eigenvalue weighted by Crippen LogP contribution is 2.30. The summed E-state index contributed by atoms with van der Waals surface area (Å²) in [6.07, 6.45) is 0.843. The van der Waals surface area contributed by atoms with Gasteiger partial charge in [-0.25, -0.2) is 8.42 Å². The lowest BCUT2D eigenvalue weighted by Crippen LogP contribution is -2.24. The number of sulfone groups is 1. The van der Waals surface area contributed by atoms with E-state index in [-0.39, 0.29) is 22.5 Å². The van der Waals surface area contributed by atoms with E-state index in [1.54, 1.807) is 55.5 Å². The zero-order chi connectivity index (χ0) is 18.6. The van der Waals surface area contributed by atoms with Crippen molar-refractivity contribution in [2.75, 3.05) is 24.2 Å². The summed E-state index contributed by atoms with van der Waals surface area (Å²) in [5, 5.41) is 6.06. The zero-order valence-corrected chi connectivity index (χ0v) is 15.4. The van der Waals surface area contributed by atoms with Crippen molar-refractivity contribution in [3.8, 4) is 11.5 Å². The largest absolute Gasteiger partial charge is 0.456 e. The van der Waals surface area contributed by atoms with Gasteiger partial charge in [-0.15, -0.1) is 0 Å². The predicted octanol–water partition coefficient (Wildman–Crippen LogP) is 2.82. The van der Waals surface area contributed by atoms with Gasteiger partial charge in [0.2, 0.25) is 5.91 Å². The molecule has 0 aliphatic carbocycles. The summed E-state index contributed by atoms with van der Waals surface area (Å²) in [4.78, 5) is 12.3. The number of hydrogen-bond donors (Lipinski definition) is 2. The van der Waals surface area contributed by atoms with Gasteiger partial charge in [0, 0.05) is 12.2 Å². The molecule has 0 spiro atoms. The van der Waals surface area contributed by atoms with E-state index in [4.69, 9.17) is 4.74 Å². The third-order valence-electron chi connectivity index (χ3n) is 4.35. The molecule has 0 saturated carbocycles. The third kappa shape index (κ3) is 4.23. The highest BCUT2D eigenvalue weighted by Gasteiger charge is 2.22. The van der Waals surface area contributed by atoms with Gasteiger partial charge < -0.3 is 15.4 Å². The molecule has 1 aliphatic heterocycles. The number of carbonyl (C=O) groups excluding carboxylic acids is 1. The maximum absolute atomic E-state index is 12.2. The molecule has 1 atom stereocenters. The molecule has 0 bridgehead atoms. The first-order valence-corrected chi connectivity index (χ1v) is 10.3. The van der Waals surface area contributed by atoms with Gasteiger partial charge in [0.15, 0.2) is 9.84 Å². The summed E-state index contributed by atoms with van der Waals surface area (Å²) in [5.74, 6) is 0.807. The maximum Gasteiger partial charge on any atom is 0.228 e. The number of anilines is 1. The number of rotatable bonds is 6. The Morgan fingerprint density at radius 2 is 1.92 bits per heavy atom. The van der Waals surface area contributed by atoms with Crippen LogP contribution < -0.4 is 15.4 Å². The minimum Gasteiger partial charge on any atom is -0.456 e. The Kier molecular flexibility index (Phi) is 5.58. The summed E-state index contributed by atoms with van der Waals surface area (Å²) in [5.41, 5.74) is 0.684. The second-order valence-corrected chi connectivity index (χ2v) is 8.40. The van der Waals surface area contributed by atoms with E-state index in [1.165, 1.54) is 0 Å². The topological polar surface area (TPSA) is 84.5 Å². The number of hydrogen-bond acceptors (Lipinski definition) is 5. The minimum absolute atomic E-state index is 0.00273. The summed E-state index contributed by atoms with van der Waals surface area (Å²) in [6.45, 7) is 3.17. The Morgan fingerprint density at radius 1 is 1.19 bits per heavy atom. The van der Waals surface area contributed by atoms with Gasteiger partial charge in [-0.2, -0.15) is 0 Å². The molecule has 138 valence electrons. The highest BCUT2D eigenvalue weighted by atomic mass is 32.2. The van der Waals surface area contributed by atoms with Crippen LogP contribution in [0.15, 0.2) is 53.4 Å². The minimum atomic E-state index is -3.37. The molecule has 0 aromatic heterocycles. The van der Waals surface area contributed by atoms with Crippen molar-refractivity contribution in [2.24, 2.45) is 5.92 Å². The van der Waals surface area contributed by atoms with Gasteiger partial charge in [-0.1, -0.05) is 19.1 Å². The van der Waals surface area contributed by atoms with Crippen molar-refractivity contribution in [1.29, 1.82) is 0 Å². The molecule has 2 aromatic carbocycles. The molecule has 2 N–H and O–H groups in total. The SMILES string of the molecule is CCS(=O)(=O)c1ccccc1Oc1ccc(NC(=O)C2CCNC2)cc1. The van der Waals surface area contributed by atoms with Crippen molar-refractivity contribution < 1.29 is 17.9 Å². The van der Waals surface area contributed by atoms with E-state index in [0.717, 1.165) is 13.0 Å². The van der Waals surface area contributed by atoms with Crippen LogP contribution in [0.3, 0.4) is 0 Å². The second-order valence-electron chi connectivity index (χ2n) is 6.16. The average molecular weight is 374 g/mol. The standard InChI is InChI=1S/C19H22N2O4S/c1-2-26(23,24)18-6-4-3-5-17(18)25-16-9-7-15(8-10-16)21-19(22)14-11-12-20-13-14/h3-10,14,20H,2,11-13H2,1H3,(H,21,22). The second kappa shape index (κ2) is 7.88. The fraction of sp³-hybridized carbons (Fsp3) is 0.316. The van der Waals surface area contributed by atoms with Crippen LogP contribution >= 0.6 is 0 Å². The average Bonchev–Trinajstić information content (AvgIpc) is 3.18. The molecule has 6 nitrogen and oxygen atoms in total. The summed E-state index contributed by atoms with van der Waals surface area (Å²) >= 11 is 0. The van der Waals surface area contributed by atoms with Crippen molar-refractivity contribution in [3.05, 3.63) is 48.5 Å². The number of para-hydroxylation sites is 1. The normalized spacial score (nSPS) is 17.0. The molecule has 3 rings (SSSR count). The van der Waals surface area contributed by atoms with Crippen LogP contribution in [0.4, 0.5) is 5.69 Å². The fourth-order valence-corrected chi connectivity index (χ4v) is 3.82. The quantitative estimate of drug-likeness (QED) is 0.812. The highest BCUT2D eigenvalue weighted by molar-refractivity contribution is 7.91. The van der Waals surface area contributed by atoms with Gasteiger partial charge in [-0.3, -0.25) is 4.79 Å². The Morgan fingerprint density at radius 3 is 2.58 bits per heavy atom. The first kappa shape index (κ1) is 18.4. The lowest BCUT2D eigenvalue weighted by atomic mass is 10.1. The molecule has 1 amide bonds. The van der Waals surface area contributed by atoms with E-state index in [9.17, 15) is 13.2 Å². The van der Waals surface area contributed by atoms with Gasteiger partial charge in [0.05, 0.1) is 11.7 Å². The Bertz CT molecular complexity index is 873. The Labute approximate surface area is 153 Å². The number of ether oxygens (including phenoxy) is 1. The maximum atomic E-state index is 12.2. The van der Waals surface area contributed by atoms with Gasteiger partial charge in [0.1, 0.15) is 16.4 Å². The van der Waals surface area contributed by atoms with Crippen LogP contribution in [0.5, 0.6) is 11.5 Å². The number of carbonyl (C=O) groups is 1. The van der Waals surface area contributed by atoms with Crippen LogP contribution in [0.2, 0.25) is 0 Å². The number of nitrogens with one attached hydrogen (secondary N) is 2. The van der Waals surface area contributed by atoms with Crippen molar-refractivity contribution in [2.45, 2.75) is 18.2 Å². The van der Waals surface area contributed by atoms with Crippen molar-refractivity contribution in [3.63, 3.8) is 0 Å². The lowest BCUT2D eigenvalue weighted by molar-refractivity contribution is -0.119. The van der Waals surface area contributed by atoms with E-state index >= 15 is 0 Å². The molecule has 1 heterocycles. The smallest absolute Gasteiger partial charge is 0.228 e. The monoisotopic (exact) mass is 374 g/mol. The van der Waals surface area contributed by atoms with Crippen molar-refractivity contribution >= 4 is 21.4 Å². The molecule has 1 aliphatic rings. The lowest BCUT2D eigenvalue weighted by Gasteiger charge is -2.12. The van der Waals surface area contributed by atoms with Crippen LogP contribution in [0.1, 0.15) is 13.3 Å². The molecule has 1 fully saturated rings. The first-order chi connectivity index (χ1) is 12.5. The molecular formula is C19H22N2O4S. The van der Waals surface area contributed by atoms with E-state index in [2.05, 4.69) is 10.6 Å². The molecule has 26 heavy (non-hydrogen) atoms. The zero-order valence-electron chi connectivity index (χ0n) is 14.6. The molecular weight excluding hydrogens is 352 g/mol. The fourth-order valence-electron chi connectivity index (χ4n) is 2.80. The van der Waals surface area contributed by atoms with E-state index in [0.29, 0.717) is 23.7 Å². The summed E-state index contributed by atoms with van der Waals surface area (Å²) in [7, 11) is -3.37. The van der Waals surface area contributed by atoms with E-state index in [1.807, 2.05) is 0 Å².